The van der Waals surface area contributed by atoms with Crippen molar-refractivity contribution in [2.45, 2.75) is 13.8 Å². The Kier molecular flexibility index (Phi) is 3.88. The predicted molar refractivity (Wildman–Crippen MR) is 74.1 cm³/mol. The van der Waals surface area contributed by atoms with Crippen LogP contribution in [0.5, 0.6) is 0 Å². The molecule has 4 N–H and O–H groups in total. The molecule has 0 fully saturated rings. The fraction of sp³-hybridized carbons (Fsp3) is 0.154. The number of anilines is 2. The molecule has 2 aromatic rings. The summed E-state index contributed by atoms with van der Waals surface area (Å²) < 4.78 is 13.7. The highest BCUT2D eigenvalue weighted by molar-refractivity contribution is 6.00. The summed E-state index contributed by atoms with van der Waals surface area (Å²) in [6.07, 6.45) is 0. The van der Waals surface area contributed by atoms with Gasteiger partial charge in [-0.3, -0.25) is 5.10 Å². The molecule has 2 rings (SSSR count). The van der Waals surface area contributed by atoms with Crippen molar-refractivity contribution in [3.05, 3.63) is 41.0 Å². The summed E-state index contributed by atoms with van der Waals surface area (Å²) in [5.74, 6) is -2.07. The number of aromatic carboxylic acids is 1. The minimum Gasteiger partial charge on any atom is -0.478 e. The molecule has 7 nitrogen and oxygen atoms in total. The van der Waals surface area contributed by atoms with Crippen molar-refractivity contribution in [2.24, 2.45) is 0 Å². The minimum absolute atomic E-state index is 0.115. The van der Waals surface area contributed by atoms with Crippen LogP contribution in [0, 0.1) is 19.7 Å². The molecule has 110 valence electrons. The summed E-state index contributed by atoms with van der Waals surface area (Å²) in [6, 6.07) is 2.58. The molecular weight excluding hydrogens is 279 g/mol. The zero-order valence-electron chi connectivity index (χ0n) is 11.3. The summed E-state index contributed by atoms with van der Waals surface area (Å²) in [4.78, 5) is 22.5. The molecule has 0 unspecified atom stereocenters. The van der Waals surface area contributed by atoms with E-state index in [2.05, 4.69) is 20.8 Å². The number of nitrogens with zero attached hydrogens (tertiary/aromatic N) is 1. The topological polar surface area (TPSA) is 107 Å². The van der Waals surface area contributed by atoms with Crippen molar-refractivity contribution in [3.8, 4) is 0 Å². The second kappa shape index (κ2) is 5.61. The third-order valence-corrected chi connectivity index (χ3v) is 2.83. The number of carboxylic acid groups (broad SMARTS) is 1. The predicted octanol–water partition coefficient (Wildman–Crippen LogP) is 2.51. The van der Waals surface area contributed by atoms with Gasteiger partial charge >= 0.3 is 12.0 Å². The molecule has 0 spiro atoms. The highest BCUT2D eigenvalue weighted by atomic mass is 19.1. The SMILES string of the molecule is Cc1n[nH]c(C)c1NC(=O)Nc1ccc(C(=O)O)cc1F. The van der Waals surface area contributed by atoms with Crippen LogP contribution in [-0.4, -0.2) is 27.3 Å². The molecule has 21 heavy (non-hydrogen) atoms. The van der Waals surface area contributed by atoms with E-state index in [0.717, 1.165) is 6.07 Å². The third kappa shape index (κ3) is 3.16. The van der Waals surface area contributed by atoms with Gasteiger partial charge in [-0.15, -0.1) is 0 Å². The van der Waals surface area contributed by atoms with Crippen molar-refractivity contribution >= 4 is 23.4 Å². The van der Waals surface area contributed by atoms with Crippen molar-refractivity contribution in [3.63, 3.8) is 0 Å². The van der Waals surface area contributed by atoms with Gasteiger partial charge in [-0.1, -0.05) is 0 Å². The van der Waals surface area contributed by atoms with Crippen LogP contribution in [-0.2, 0) is 0 Å². The maximum absolute atomic E-state index is 13.7. The van der Waals surface area contributed by atoms with Gasteiger partial charge in [0.15, 0.2) is 0 Å². The average molecular weight is 292 g/mol. The van der Waals surface area contributed by atoms with Crippen molar-refractivity contribution in [1.82, 2.24) is 10.2 Å². The number of hydrogen-bond acceptors (Lipinski definition) is 3. The number of aromatic nitrogens is 2. The summed E-state index contributed by atoms with van der Waals surface area (Å²) in [5, 5.41) is 20.2. The zero-order chi connectivity index (χ0) is 15.6. The van der Waals surface area contributed by atoms with E-state index in [-0.39, 0.29) is 11.3 Å². The second-order valence-electron chi connectivity index (χ2n) is 4.39. The fourth-order valence-electron chi connectivity index (χ4n) is 1.75. The normalized spacial score (nSPS) is 10.2. The van der Waals surface area contributed by atoms with E-state index in [9.17, 15) is 14.0 Å². The van der Waals surface area contributed by atoms with E-state index in [1.165, 1.54) is 12.1 Å². The molecule has 0 bridgehead atoms. The molecule has 1 heterocycles. The largest absolute Gasteiger partial charge is 0.478 e. The van der Waals surface area contributed by atoms with Crippen LogP contribution in [0.1, 0.15) is 21.7 Å². The Morgan fingerprint density at radius 1 is 1.29 bits per heavy atom. The number of amides is 2. The second-order valence-corrected chi connectivity index (χ2v) is 4.39. The Bertz CT molecular complexity index is 692. The van der Waals surface area contributed by atoms with Crippen LogP contribution in [0.15, 0.2) is 18.2 Å². The molecule has 0 aliphatic carbocycles. The Balaban J connectivity index is 2.11. The first-order chi connectivity index (χ1) is 9.88. The van der Waals surface area contributed by atoms with Gasteiger partial charge in [0.25, 0.3) is 0 Å². The first kappa shape index (κ1) is 14.5. The smallest absolute Gasteiger partial charge is 0.335 e. The summed E-state index contributed by atoms with van der Waals surface area (Å²) >= 11 is 0. The molecule has 1 aromatic heterocycles. The third-order valence-electron chi connectivity index (χ3n) is 2.83. The van der Waals surface area contributed by atoms with E-state index >= 15 is 0 Å². The number of carboxylic acids is 1. The van der Waals surface area contributed by atoms with Gasteiger partial charge in [-0.25, -0.2) is 14.0 Å². The molecule has 1 aromatic carbocycles. The monoisotopic (exact) mass is 292 g/mol. The molecule has 0 saturated carbocycles. The number of rotatable bonds is 3. The number of nitrogens with one attached hydrogen (secondary N) is 3. The van der Waals surface area contributed by atoms with Crippen molar-refractivity contribution in [1.29, 1.82) is 0 Å². The van der Waals surface area contributed by atoms with E-state index in [1.807, 2.05) is 0 Å². The van der Waals surface area contributed by atoms with Crippen LogP contribution in [0.4, 0.5) is 20.6 Å². The van der Waals surface area contributed by atoms with Gasteiger partial charge in [0.2, 0.25) is 0 Å². The van der Waals surface area contributed by atoms with E-state index in [4.69, 9.17) is 5.11 Å². The number of carbonyl (C=O) groups excluding carboxylic acids is 1. The molecule has 0 radical (unpaired) electrons. The lowest BCUT2D eigenvalue weighted by Gasteiger charge is -2.09. The maximum atomic E-state index is 13.7. The lowest BCUT2D eigenvalue weighted by Crippen LogP contribution is -2.21. The standard InChI is InChI=1S/C13H13FN4O3/c1-6-11(7(2)18-17-6)16-13(21)15-10-4-3-8(12(19)20)5-9(10)14/h3-5H,1-2H3,(H,17,18)(H,19,20)(H2,15,16,21). The molecule has 2 amide bonds. The number of aryl methyl sites for hydroxylation is 2. The Hall–Kier alpha value is -2.90. The molecule has 0 saturated heterocycles. The summed E-state index contributed by atoms with van der Waals surface area (Å²) in [7, 11) is 0. The van der Waals surface area contributed by atoms with Gasteiger partial charge in [0, 0.05) is 0 Å². The number of carbonyl (C=O) groups is 2. The lowest BCUT2D eigenvalue weighted by molar-refractivity contribution is 0.0696. The quantitative estimate of drug-likeness (QED) is 0.697. The van der Waals surface area contributed by atoms with Crippen LogP contribution in [0.3, 0.4) is 0 Å². The first-order valence-corrected chi connectivity index (χ1v) is 6.01. The summed E-state index contributed by atoms with van der Waals surface area (Å²) in [5.41, 5.74) is 1.47. The van der Waals surface area contributed by atoms with Crippen LogP contribution >= 0.6 is 0 Å². The number of halogens is 1. The molecular formula is C13H13FN4O3. The average Bonchev–Trinajstić information content (AvgIpc) is 2.72. The molecule has 0 atom stereocenters. The molecule has 8 heteroatoms. The van der Waals surface area contributed by atoms with Gasteiger partial charge in [-0.05, 0) is 32.0 Å². The Labute approximate surface area is 119 Å². The van der Waals surface area contributed by atoms with Crippen LogP contribution in [0.2, 0.25) is 0 Å². The van der Waals surface area contributed by atoms with Gasteiger partial charge in [0.1, 0.15) is 5.82 Å². The van der Waals surface area contributed by atoms with Crippen LogP contribution < -0.4 is 10.6 Å². The minimum atomic E-state index is -1.24. The van der Waals surface area contributed by atoms with Gasteiger partial charge in [0.05, 0.1) is 28.3 Å². The summed E-state index contributed by atoms with van der Waals surface area (Å²) in [6.45, 7) is 3.44. The highest BCUT2D eigenvalue weighted by Crippen LogP contribution is 2.19. The fourth-order valence-corrected chi connectivity index (χ4v) is 1.75. The number of aromatic amines is 1. The maximum Gasteiger partial charge on any atom is 0.335 e. The molecule has 0 aliphatic heterocycles. The number of H-pyrrole nitrogens is 1. The van der Waals surface area contributed by atoms with Gasteiger partial charge < -0.3 is 15.7 Å². The highest BCUT2D eigenvalue weighted by Gasteiger charge is 2.13. The number of hydrogen-bond donors (Lipinski definition) is 4. The van der Waals surface area contributed by atoms with E-state index < -0.39 is 17.8 Å². The van der Waals surface area contributed by atoms with Gasteiger partial charge in [-0.2, -0.15) is 5.10 Å². The van der Waals surface area contributed by atoms with Crippen LogP contribution in [0.25, 0.3) is 0 Å². The molecule has 0 aliphatic rings. The zero-order valence-corrected chi connectivity index (χ0v) is 11.3. The number of urea groups is 1. The van der Waals surface area contributed by atoms with Crippen molar-refractivity contribution in [2.75, 3.05) is 10.6 Å². The lowest BCUT2D eigenvalue weighted by atomic mass is 10.2. The van der Waals surface area contributed by atoms with Crippen molar-refractivity contribution < 1.29 is 19.1 Å². The van der Waals surface area contributed by atoms with E-state index in [1.54, 1.807) is 13.8 Å². The Morgan fingerprint density at radius 2 is 2.00 bits per heavy atom. The Morgan fingerprint density at radius 3 is 2.52 bits per heavy atom. The first-order valence-electron chi connectivity index (χ1n) is 6.01. The number of benzene rings is 1. The van der Waals surface area contributed by atoms with E-state index in [0.29, 0.717) is 17.1 Å².